The molecule has 1 aromatic carbocycles. The number of carbonyl (C=O) groups excluding carboxylic acids is 1. The number of ether oxygens (including phenoxy) is 2. The van der Waals surface area contributed by atoms with Crippen molar-refractivity contribution in [1.29, 1.82) is 0 Å². The first kappa shape index (κ1) is 23.5. The number of aromatic nitrogens is 3. The van der Waals surface area contributed by atoms with E-state index in [1.165, 1.54) is 6.33 Å². The largest absolute Gasteiger partial charge is 0.491 e. The van der Waals surface area contributed by atoms with Gasteiger partial charge in [-0.2, -0.15) is 0 Å². The highest BCUT2D eigenvalue weighted by molar-refractivity contribution is 6.27. The van der Waals surface area contributed by atoms with Gasteiger partial charge < -0.3 is 30.2 Å². The smallest absolute Gasteiger partial charge is 0.236 e. The molecule has 3 aliphatic rings. The van der Waals surface area contributed by atoms with Crippen molar-refractivity contribution in [2.24, 2.45) is 5.92 Å². The average molecular weight is 512 g/mol. The molecular weight excluding hydrogens is 482 g/mol. The molecule has 9 nitrogen and oxygen atoms in total. The molecule has 3 fully saturated rings. The SMILES string of the molecule is Nc1ncnc2c1c(-c1cccc(OCC34CCC(CC3)O4)c1)cn2C1CC(C(O)NC(=O)CCl)C1. The Morgan fingerprint density at radius 1 is 1.33 bits per heavy atom. The summed E-state index contributed by atoms with van der Waals surface area (Å²) < 4.78 is 14.5. The quantitative estimate of drug-likeness (QED) is 0.312. The normalized spacial score (nSPS) is 27.7. The average Bonchev–Trinajstić information content (AvgIpc) is 3.56. The lowest BCUT2D eigenvalue weighted by Gasteiger charge is -2.39. The van der Waals surface area contributed by atoms with Crippen LogP contribution in [0.2, 0.25) is 0 Å². The Kier molecular flexibility index (Phi) is 6.02. The summed E-state index contributed by atoms with van der Waals surface area (Å²) in [6.07, 6.45) is 8.78. The third kappa shape index (κ3) is 4.19. The Hall–Kier alpha value is -2.88. The topological polar surface area (TPSA) is 125 Å². The van der Waals surface area contributed by atoms with Crippen molar-refractivity contribution in [3.63, 3.8) is 0 Å². The maximum atomic E-state index is 11.5. The predicted octanol–water partition coefficient (Wildman–Crippen LogP) is 3.40. The first-order valence-corrected chi connectivity index (χ1v) is 13.0. The van der Waals surface area contributed by atoms with Crippen molar-refractivity contribution >= 4 is 34.4 Å². The standard InChI is InChI=1S/C26H30ClN5O4/c27-11-21(33)31-25(34)16-8-17(9-16)32-12-20(22-23(28)29-14-30-24(22)32)15-2-1-3-19(10-15)35-13-26-6-4-18(36-26)5-7-26/h1-3,10,12,14,16-18,25,34H,4-9,11,13H2,(H,31,33)(H2,28,29,30). The molecule has 10 heteroatoms. The number of aliphatic hydroxyl groups excluding tert-OH is 1. The lowest BCUT2D eigenvalue weighted by atomic mass is 9.78. The van der Waals surface area contributed by atoms with Crippen LogP contribution in [0.3, 0.4) is 0 Å². The summed E-state index contributed by atoms with van der Waals surface area (Å²) in [6.45, 7) is 0.562. The van der Waals surface area contributed by atoms with Crippen LogP contribution in [0.4, 0.5) is 5.82 Å². The van der Waals surface area contributed by atoms with Gasteiger partial charge >= 0.3 is 0 Å². The van der Waals surface area contributed by atoms with E-state index >= 15 is 0 Å². The highest BCUT2D eigenvalue weighted by atomic mass is 35.5. The molecule has 1 amide bonds. The molecule has 2 aromatic heterocycles. The van der Waals surface area contributed by atoms with Crippen LogP contribution in [-0.4, -0.2) is 56.0 Å². The molecule has 0 spiro atoms. The zero-order valence-corrected chi connectivity index (χ0v) is 20.7. The summed E-state index contributed by atoms with van der Waals surface area (Å²) in [5, 5.41) is 13.6. The van der Waals surface area contributed by atoms with Crippen LogP contribution >= 0.6 is 11.6 Å². The zero-order valence-electron chi connectivity index (χ0n) is 19.9. The van der Waals surface area contributed by atoms with Crippen molar-refractivity contribution in [2.45, 2.75) is 62.5 Å². The van der Waals surface area contributed by atoms with Crippen LogP contribution in [0.5, 0.6) is 5.75 Å². The predicted molar refractivity (Wildman–Crippen MR) is 136 cm³/mol. The van der Waals surface area contributed by atoms with Gasteiger partial charge in [-0.1, -0.05) is 12.1 Å². The number of aliphatic hydroxyl groups is 1. The van der Waals surface area contributed by atoms with Gasteiger partial charge in [0.1, 0.15) is 47.9 Å². The van der Waals surface area contributed by atoms with Crippen molar-refractivity contribution in [1.82, 2.24) is 19.9 Å². The molecule has 1 unspecified atom stereocenters. The second kappa shape index (κ2) is 9.21. The minimum atomic E-state index is -0.916. The molecule has 190 valence electrons. The first-order chi connectivity index (χ1) is 17.4. The van der Waals surface area contributed by atoms with E-state index in [-0.39, 0.29) is 29.3 Å². The number of hydrogen-bond acceptors (Lipinski definition) is 7. The van der Waals surface area contributed by atoms with E-state index in [4.69, 9.17) is 26.8 Å². The monoisotopic (exact) mass is 511 g/mol. The maximum absolute atomic E-state index is 11.5. The zero-order chi connectivity index (χ0) is 24.9. The van der Waals surface area contributed by atoms with Crippen LogP contribution < -0.4 is 15.8 Å². The number of nitrogens with zero attached hydrogens (tertiary/aromatic N) is 3. The number of anilines is 1. The van der Waals surface area contributed by atoms with E-state index in [1.807, 2.05) is 24.3 Å². The summed E-state index contributed by atoms with van der Waals surface area (Å²) >= 11 is 5.54. The van der Waals surface area contributed by atoms with E-state index < -0.39 is 6.23 Å². The molecule has 2 saturated heterocycles. The number of nitrogens with two attached hydrogens (primary N) is 1. The lowest BCUT2D eigenvalue weighted by molar-refractivity contribution is -0.124. The van der Waals surface area contributed by atoms with E-state index in [1.54, 1.807) is 0 Å². The Labute approximate surface area is 213 Å². The molecule has 4 N–H and O–H groups in total. The number of fused-ring (bicyclic) bond motifs is 3. The number of benzene rings is 1. The molecule has 6 rings (SSSR count). The Bertz CT molecular complexity index is 1280. The number of rotatable bonds is 8. The van der Waals surface area contributed by atoms with Gasteiger partial charge in [-0.3, -0.25) is 4.79 Å². The fourth-order valence-electron chi connectivity index (χ4n) is 5.90. The van der Waals surface area contributed by atoms with Crippen molar-refractivity contribution in [3.05, 3.63) is 36.8 Å². The van der Waals surface area contributed by atoms with Crippen molar-refractivity contribution in [2.75, 3.05) is 18.2 Å². The lowest BCUT2D eigenvalue weighted by Crippen LogP contribution is -2.46. The van der Waals surface area contributed by atoms with E-state index in [0.717, 1.165) is 53.6 Å². The van der Waals surface area contributed by atoms with Gasteiger partial charge in [-0.15, -0.1) is 11.6 Å². The molecule has 2 aliphatic heterocycles. The van der Waals surface area contributed by atoms with Crippen LogP contribution in [-0.2, 0) is 9.53 Å². The second-order valence-electron chi connectivity index (χ2n) is 10.3. The molecule has 2 bridgehead atoms. The van der Waals surface area contributed by atoms with Gasteiger partial charge in [0, 0.05) is 23.7 Å². The first-order valence-electron chi connectivity index (χ1n) is 12.5. The van der Waals surface area contributed by atoms with Gasteiger partial charge in [-0.05, 0) is 56.2 Å². The third-order valence-electron chi connectivity index (χ3n) is 7.97. The molecule has 1 saturated carbocycles. The highest BCUT2D eigenvalue weighted by Gasteiger charge is 2.46. The van der Waals surface area contributed by atoms with Gasteiger partial charge in [0.05, 0.1) is 11.5 Å². The maximum Gasteiger partial charge on any atom is 0.236 e. The fraction of sp³-hybridized carbons (Fsp3) is 0.500. The molecule has 1 aliphatic carbocycles. The van der Waals surface area contributed by atoms with Gasteiger partial charge in [-0.25, -0.2) is 9.97 Å². The molecule has 36 heavy (non-hydrogen) atoms. The third-order valence-corrected chi connectivity index (χ3v) is 8.21. The summed E-state index contributed by atoms with van der Waals surface area (Å²) in [4.78, 5) is 20.3. The summed E-state index contributed by atoms with van der Waals surface area (Å²) in [6, 6.07) is 8.13. The van der Waals surface area contributed by atoms with Gasteiger partial charge in [0.2, 0.25) is 5.91 Å². The van der Waals surface area contributed by atoms with Crippen LogP contribution in [0.25, 0.3) is 22.2 Å². The van der Waals surface area contributed by atoms with Crippen LogP contribution in [0.15, 0.2) is 36.8 Å². The summed E-state index contributed by atoms with van der Waals surface area (Å²) in [5.41, 5.74) is 8.84. The van der Waals surface area contributed by atoms with Crippen molar-refractivity contribution in [3.8, 4) is 16.9 Å². The Morgan fingerprint density at radius 3 is 2.86 bits per heavy atom. The number of hydrogen-bond donors (Lipinski definition) is 3. The Balaban J connectivity index is 1.24. The van der Waals surface area contributed by atoms with Gasteiger partial charge in [0.15, 0.2) is 0 Å². The summed E-state index contributed by atoms with van der Waals surface area (Å²) in [5.74, 6) is 0.605. The van der Waals surface area contributed by atoms with Gasteiger partial charge in [0.25, 0.3) is 0 Å². The molecule has 3 aromatic rings. The number of carbonyl (C=O) groups is 1. The van der Waals surface area contributed by atoms with E-state index in [9.17, 15) is 9.90 Å². The number of nitrogen functional groups attached to an aromatic ring is 1. The van der Waals surface area contributed by atoms with E-state index in [2.05, 4.69) is 26.0 Å². The molecule has 0 radical (unpaired) electrons. The van der Waals surface area contributed by atoms with E-state index in [0.29, 0.717) is 31.4 Å². The Morgan fingerprint density at radius 2 is 2.14 bits per heavy atom. The minimum absolute atomic E-state index is 0.0497. The van der Waals surface area contributed by atoms with Crippen LogP contribution in [0, 0.1) is 5.92 Å². The van der Waals surface area contributed by atoms with Crippen molar-refractivity contribution < 1.29 is 19.4 Å². The van der Waals surface area contributed by atoms with Crippen LogP contribution in [0.1, 0.15) is 44.6 Å². The highest BCUT2D eigenvalue weighted by Crippen LogP contribution is 2.45. The number of halogens is 1. The number of nitrogens with one attached hydrogen (secondary N) is 1. The molecular formula is C26H30ClN5O4. The number of alkyl halides is 1. The second-order valence-corrected chi connectivity index (χ2v) is 10.5. The molecule has 4 heterocycles. The number of amides is 1. The summed E-state index contributed by atoms with van der Waals surface area (Å²) in [7, 11) is 0. The fourth-order valence-corrected chi connectivity index (χ4v) is 5.97. The molecule has 1 atom stereocenters. The minimum Gasteiger partial charge on any atom is -0.491 e.